The van der Waals surface area contributed by atoms with E-state index < -0.39 is 9.84 Å². The maximum Gasteiger partial charge on any atom is 0.177 e. The first-order valence-electron chi connectivity index (χ1n) is 6.86. The number of para-hydroxylation sites is 1. The van der Waals surface area contributed by atoms with E-state index in [2.05, 4.69) is 19.2 Å². The normalized spacial score (nSPS) is 23.0. The zero-order chi connectivity index (χ0) is 14.1. The predicted molar refractivity (Wildman–Crippen MR) is 79.2 cm³/mol. The number of sulfone groups is 1. The molecule has 1 N–H and O–H groups in total. The zero-order valence-corrected chi connectivity index (χ0v) is 12.8. The molecule has 1 saturated carbocycles. The molecular formula is C15H23NO2S. The molecule has 0 aliphatic heterocycles. The summed E-state index contributed by atoms with van der Waals surface area (Å²) in [6.45, 7) is 4.51. The van der Waals surface area contributed by atoms with Crippen molar-refractivity contribution < 1.29 is 8.42 Å². The third-order valence-corrected chi connectivity index (χ3v) is 5.28. The summed E-state index contributed by atoms with van der Waals surface area (Å²) in [6.07, 6.45) is 6.03. The van der Waals surface area contributed by atoms with Gasteiger partial charge in [-0.3, -0.25) is 0 Å². The Bertz CT molecular complexity index is 549. The van der Waals surface area contributed by atoms with Gasteiger partial charge in [0.05, 0.1) is 10.6 Å². The van der Waals surface area contributed by atoms with Crippen molar-refractivity contribution in [3.8, 4) is 0 Å². The molecule has 3 nitrogen and oxygen atoms in total. The molecule has 1 unspecified atom stereocenters. The Hall–Kier alpha value is -1.03. The lowest BCUT2D eigenvalue weighted by Crippen LogP contribution is -2.39. The summed E-state index contributed by atoms with van der Waals surface area (Å²) in [7, 11) is -3.18. The van der Waals surface area contributed by atoms with Crippen molar-refractivity contribution in [1.82, 2.24) is 0 Å². The predicted octanol–water partition coefficient (Wildman–Crippen LogP) is 3.47. The lowest BCUT2D eigenvalue weighted by Gasteiger charge is -2.40. The minimum Gasteiger partial charge on any atom is -0.381 e. The number of anilines is 1. The Morgan fingerprint density at radius 3 is 2.53 bits per heavy atom. The van der Waals surface area contributed by atoms with Gasteiger partial charge in [-0.05, 0) is 30.4 Å². The highest BCUT2D eigenvalue weighted by Crippen LogP contribution is 2.38. The Morgan fingerprint density at radius 2 is 1.89 bits per heavy atom. The SMILES string of the molecule is CC1(C)CCCCC1Nc1ccccc1S(C)(=O)=O. The smallest absolute Gasteiger partial charge is 0.177 e. The van der Waals surface area contributed by atoms with E-state index in [1.165, 1.54) is 25.5 Å². The first kappa shape index (κ1) is 14.4. The van der Waals surface area contributed by atoms with Crippen molar-refractivity contribution >= 4 is 15.5 Å². The molecule has 0 bridgehead atoms. The van der Waals surface area contributed by atoms with Crippen LogP contribution in [0.2, 0.25) is 0 Å². The summed E-state index contributed by atoms with van der Waals surface area (Å²) >= 11 is 0. The van der Waals surface area contributed by atoms with E-state index in [9.17, 15) is 8.42 Å². The maximum absolute atomic E-state index is 11.8. The van der Waals surface area contributed by atoms with Crippen molar-refractivity contribution in [2.24, 2.45) is 5.41 Å². The number of hydrogen-bond acceptors (Lipinski definition) is 3. The van der Waals surface area contributed by atoms with Gasteiger partial charge in [-0.1, -0.05) is 38.8 Å². The topological polar surface area (TPSA) is 46.2 Å². The third-order valence-electron chi connectivity index (χ3n) is 4.12. The summed E-state index contributed by atoms with van der Waals surface area (Å²) in [5, 5.41) is 3.47. The number of benzene rings is 1. The quantitative estimate of drug-likeness (QED) is 0.922. The summed E-state index contributed by atoms with van der Waals surface area (Å²) < 4.78 is 23.6. The fourth-order valence-corrected chi connectivity index (χ4v) is 3.71. The molecule has 1 atom stereocenters. The average Bonchev–Trinajstić information content (AvgIpc) is 2.31. The van der Waals surface area contributed by atoms with Crippen molar-refractivity contribution in [3.05, 3.63) is 24.3 Å². The zero-order valence-electron chi connectivity index (χ0n) is 11.9. The molecule has 0 heterocycles. The average molecular weight is 281 g/mol. The van der Waals surface area contributed by atoms with Gasteiger partial charge in [0.25, 0.3) is 0 Å². The van der Waals surface area contributed by atoms with Crippen LogP contribution >= 0.6 is 0 Å². The van der Waals surface area contributed by atoms with E-state index >= 15 is 0 Å². The van der Waals surface area contributed by atoms with Crippen LogP contribution in [0.5, 0.6) is 0 Å². The van der Waals surface area contributed by atoms with E-state index in [0.29, 0.717) is 10.9 Å². The van der Waals surface area contributed by atoms with E-state index in [1.807, 2.05) is 12.1 Å². The third kappa shape index (κ3) is 3.30. The van der Waals surface area contributed by atoms with Crippen molar-refractivity contribution in [1.29, 1.82) is 0 Å². The van der Waals surface area contributed by atoms with E-state index in [-0.39, 0.29) is 5.41 Å². The standard InChI is InChI=1S/C15H23NO2S/c1-15(2)11-7-6-10-14(15)16-12-8-4-5-9-13(12)19(3,17)18/h4-5,8-9,14,16H,6-7,10-11H2,1-3H3. The minimum absolute atomic E-state index is 0.211. The van der Waals surface area contributed by atoms with Crippen LogP contribution in [0, 0.1) is 5.41 Å². The monoisotopic (exact) mass is 281 g/mol. The Labute approximate surface area is 116 Å². The van der Waals surface area contributed by atoms with Crippen LogP contribution in [0.1, 0.15) is 39.5 Å². The van der Waals surface area contributed by atoms with E-state index in [4.69, 9.17) is 0 Å². The van der Waals surface area contributed by atoms with Crippen LogP contribution < -0.4 is 5.32 Å². The molecule has 2 rings (SSSR count). The van der Waals surface area contributed by atoms with Crippen LogP contribution in [-0.4, -0.2) is 20.7 Å². The first-order chi connectivity index (χ1) is 8.81. The molecule has 1 aliphatic carbocycles. The highest BCUT2D eigenvalue weighted by Gasteiger charge is 2.32. The van der Waals surface area contributed by atoms with E-state index in [1.54, 1.807) is 12.1 Å². The maximum atomic E-state index is 11.8. The fraction of sp³-hybridized carbons (Fsp3) is 0.600. The molecule has 4 heteroatoms. The summed E-state index contributed by atoms with van der Waals surface area (Å²) in [4.78, 5) is 0.399. The molecule has 1 aliphatic rings. The Balaban J connectivity index is 2.29. The summed E-state index contributed by atoms with van der Waals surface area (Å²) in [6, 6.07) is 7.53. The lowest BCUT2D eigenvalue weighted by molar-refractivity contribution is 0.217. The van der Waals surface area contributed by atoms with Gasteiger partial charge < -0.3 is 5.32 Å². The van der Waals surface area contributed by atoms with Crippen molar-refractivity contribution in [3.63, 3.8) is 0 Å². The van der Waals surface area contributed by atoms with Crippen LogP contribution in [-0.2, 0) is 9.84 Å². The molecule has 0 aromatic heterocycles. The van der Waals surface area contributed by atoms with Gasteiger partial charge in [0.15, 0.2) is 9.84 Å². The van der Waals surface area contributed by atoms with Crippen molar-refractivity contribution in [2.45, 2.75) is 50.5 Å². The lowest BCUT2D eigenvalue weighted by atomic mass is 9.73. The Morgan fingerprint density at radius 1 is 1.21 bits per heavy atom. The minimum atomic E-state index is -3.18. The van der Waals surface area contributed by atoms with Gasteiger partial charge in [0, 0.05) is 12.3 Å². The second kappa shape index (κ2) is 5.16. The molecule has 0 amide bonds. The summed E-state index contributed by atoms with van der Waals surface area (Å²) in [5.74, 6) is 0. The molecule has 0 spiro atoms. The molecular weight excluding hydrogens is 258 g/mol. The van der Waals surface area contributed by atoms with Gasteiger partial charge in [-0.2, -0.15) is 0 Å². The number of hydrogen-bond donors (Lipinski definition) is 1. The second-order valence-electron chi connectivity index (χ2n) is 6.20. The largest absolute Gasteiger partial charge is 0.381 e. The highest BCUT2D eigenvalue weighted by molar-refractivity contribution is 7.90. The van der Waals surface area contributed by atoms with E-state index in [0.717, 1.165) is 12.1 Å². The van der Waals surface area contributed by atoms with Crippen LogP contribution in [0.3, 0.4) is 0 Å². The van der Waals surface area contributed by atoms with Gasteiger partial charge in [0.2, 0.25) is 0 Å². The number of rotatable bonds is 3. The molecule has 19 heavy (non-hydrogen) atoms. The Kier molecular flexibility index (Phi) is 3.90. The number of nitrogens with one attached hydrogen (secondary N) is 1. The first-order valence-corrected chi connectivity index (χ1v) is 8.75. The molecule has 0 radical (unpaired) electrons. The molecule has 1 aromatic carbocycles. The van der Waals surface area contributed by atoms with Crippen LogP contribution in [0.4, 0.5) is 5.69 Å². The van der Waals surface area contributed by atoms with Gasteiger partial charge in [-0.25, -0.2) is 8.42 Å². The highest BCUT2D eigenvalue weighted by atomic mass is 32.2. The second-order valence-corrected chi connectivity index (χ2v) is 8.18. The van der Waals surface area contributed by atoms with Gasteiger partial charge in [-0.15, -0.1) is 0 Å². The van der Waals surface area contributed by atoms with Crippen molar-refractivity contribution in [2.75, 3.05) is 11.6 Å². The molecule has 0 saturated heterocycles. The fourth-order valence-electron chi connectivity index (χ4n) is 2.86. The van der Waals surface area contributed by atoms with Crippen LogP contribution in [0.25, 0.3) is 0 Å². The molecule has 1 aromatic rings. The van der Waals surface area contributed by atoms with Crippen LogP contribution in [0.15, 0.2) is 29.2 Å². The molecule has 1 fully saturated rings. The van der Waals surface area contributed by atoms with Gasteiger partial charge >= 0.3 is 0 Å². The summed E-state index contributed by atoms with van der Waals surface area (Å²) in [5.41, 5.74) is 0.952. The molecule has 106 valence electrons. The van der Waals surface area contributed by atoms with Gasteiger partial charge in [0.1, 0.15) is 0 Å².